The zero-order valence-electron chi connectivity index (χ0n) is 16.9. The number of oxime groups is 1. The molecule has 1 aromatic carbocycles. The van der Waals surface area contributed by atoms with Gasteiger partial charge in [-0.15, -0.1) is 0 Å². The van der Waals surface area contributed by atoms with Crippen LogP contribution in [0.3, 0.4) is 0 Å². The Labute approximate surface area is 177 Å². The monoisotopic (exact) mass is 433 g/mol. The first-order valence-corrected chi connectivity index (χ1v) is 10.4. The molecule has 0 heterocycles. The molecule has 0 N–H and O–H groups in total. The van der Waals surface area contributed by atoms with Gasteiger partial charge in [-0.25, -0.2) is 0 Å². The van der Waals surface area contributed by atoms with Crippen molar-refractivity contribution < 1.29 is 18.7 Å². The SMILES string of the molecule is CCCc1cc(OC/C=C(\F)Cl)cc(Cl)c1OCCCCCCON=C(C)C. The molecule has 0 aromatic heterocycles. The summed E-state index contributed by atoms with van der Waals surface area (Å²) in [5.74, 6) is 1.27. The summed E-state index contributed by atoms with van der Waals surface area (Å²) in [4.78, 5) is 5.18. The maximum Gasteiger partial charge on any atom is 0.188 e. The third-order valence-electron chi connectivity index (χ3n) is 3.72. The summed E-state index contributed by atoms with van der Waals surface area (Å²) in [6.07, 6.45) is 6.95. The molecular formula is C21H30Cl2FNO3. The van der Waals surface area contributed by atoms with Gasteiger partial charge in [-0.3, -0.25) is 0 Å². The Hall–Kier alpha value is -1.46. The van der Waals surface area contributed by atoms with E-state index in [0.29, 0.717) is 29.7 Å². The smallest absolute Gasteiger partial charge is 0.188 e. The zero-order valence-corrected chi connectivity index (χ0v) is 18.4. The first-order valence-electron chi connectivity index (χ1n) is 9.66. The molecule has 7 heteroatoms. The number of unbranched alkanes of at least 4 members (excludes halogenated alkanes) is 3. The van der Waals surface area contributed by atoms with Gasteiger partial charge in [-0.05, 0) is 57.6 Å². The molecule has 0 atom stereocenters. The normalized spacial score (nSPS) is 11.3. The summed E-state index contributed by atoms with van der Waals surface area (Å²) in [6.45, 7) is 7.19. The average molecular weight is 434 g/mol. The van der Waals surface area contributed by atoms with E-state index in [4.69, 9.17) is 37.5 Å². The lowest BCUT2D eigenvalue weighted by molar-refractivity contribution is 0.139. The maximum atomic E-state index is 12.6. The van der Waals surface area contributed by atoms with E-state index in [0.717, 1.165) is 55.9 Å². The predicted molar refractivity (Wildman–Crippen MR) is 115 cm³/mol. The zero-order chi connectivity index (χ0) is 20.8. The van der Waals surface area contributed by atoms with Crippen LogP contribution in [-0.2, 0) is 11.3 Å². The number of nitrogens with zero attached hydrogens (tertiary/aromatic N) is 1. The summed E-state index contributed by atoms with van der Waals surface area (Å²) < 4.78 is 24.0. The first-order chi connectivity index (χ1) is 13.4. The van der Waals surface area contributed by atoms with E-state index in [1.807, 2.05) is 19.9 Å². The molecule has 0 saturated carbocycles. The second kappa shape index (κ2) is 14.5. The lowest BCUT2D eigenvalue weighted by atomic mass is 10.1. The fourth-order valence-electron chi connectivity index (χ4n) is 2.49. The number of hydrogen-bond donors (Lipinski definition) is 0. The minimum absolute atomic E-state index is 0.0459. The summed E-state index contributed by atoms with van der Waals surface area (Å²) in [5.41, 5.74) is 1.91. The van der Waals surface area contributed by atoms with Gasteiger partial charge in [-0.1, -0.05) is 41.7 Å². The van der Waals surface area contributed by atoms with E-state index in [-0.39, 0.29) is 6.61 Å². The van der Waals surface area contributed by atoms with Gasteiger partial charge >= 0.3 is 0 Å². The highest BCUT2D eigenvalue weighted by Crippen LogP contribution is 2.34. The Balaban J connectivity index is 2.46. The van der Waals surface area contributed by atoms with Crippen molar-refractivity contribution in [1.82, 2.24) is 0 Å². The molecule has 0 unspecified atom stereocenters. The van der Waals surface area contributed by atoms with Crippen LogP contribution in [0, 0.1) is 0 Å². The second-order valence-corrected chi connectivity index (χ2v) is 7.35. The van der Waals surface area contributed by atoms with Gasteiger partial charge in [0, 0.05) is 12.1 Å². The molecule has 1 aromatic rings. The molecule has 0 saturated heterocycles. The maximum absolute atomic E-state index is 12.6. The number of benzene rings is 1. The molecule has 1 rings (SSSR count). The van der Waals surface area contributed by atoms with E-state index >= 15 is 0 Å². The van der Waals surface area contributed by atoms with Crippen LogP contribution in [-0.4, -0.2) is 25.5 Å². The molecule has 0 fully saturated rings. The third-order valence-corrected chi connectivity index (χ3v) is 4.16. The standard InChI is InChI=1S/C21H30Cl2FNO3/c1-4-9-17-14-18(26-13-10-20(23)24)15-19(22)21(17)27-11-7-5-6-8-12-28-25-16(2)3/h10,14-15H,4-9,11-13H2,1-3H3/b20-10-. The third kappa shape index (κ3) is 10.8. The number of aryl methyl sites for hydroxylation is 1. The predicted octanol–water partition coefficient (Wildman–Crippen LogP) is 7.07. The average Bonchev–Trinajstić information content (AvgIpc) is 2.61. The van der Waals surface area contributed by atoms with Crippen molar-refractivity contribution in [3.63, 3.8) is 0 Å². The summed E-state index contributed by atoms with van der Waals surface area (Å²) >= 11 is 11.6. The van der Waals surface area contributed by atoms with Crippen LogP contribution >= 0.6 is 23.2 Å². The molecule has 4 nitrogen and oxygen atoms in total. The molecule has 0 aliphatic carbocycles. The van der Waals surface area contributed by atoms with Crippen molar-refractivity contribution in [1.29, 1.82) is 0 Å². The Morgan fingerprint density at radius 2 is 1.82 bits per heavy atom. The van der Waals surface area contributed by atoms with Crippen LogP contribution in [0.25, 0.3) is 0 Å². The highest BCUT2D eigenvalue weighted by molar-refractivity contribution is 6.32. The lowest BCUT2D eigenvalue weighted by Gasteiger charge is -2.15. The Morgan fingerprint density at radius 3 is 2.46 bits per heavy atom. The number of hydrogen-bond acceptors (Lipinski definition) is 4. The Kier molecular flexibility index (Phi) is 12.8. The number of ether oxygens (including phenoxy) is 2. The summed E-state index contributed by atoms with van der Waals surface area (Å²) in [6, 6.07) is 3.57. The first kappa shape index (κ1) is 24.6. The molecule has 0 aliphatic heterocycles. The highest BCUT2D eigenvalue weighted by atomic mass is 35.5. The van der Waals surface area contributed by atoms with Crippen molar-refractivity contribution in [2.24, 2.45) is 5.16 Å². The molecule has 0 spiro atoms. The quantitative estimate of drug-likeness (QED) is 0.179. The number of rotatable bonds is 14. The van der Waals surface area contributed by atoms with Crippen molar-refractivity contribution in [3.05, 3.63) is 34.1 Å². The van der Waals surface area contributed by atoms with Gasteiger partial charge < -0.3 is 14.3 Å². The van der Waals surface area contributed by atoms with Crippen LogP contribution in [0.1, 0.15) is 58.4 Å². The van der Waals surface area contributed by atoms with E-state index < -0.39 is 5.29 Å². The van der Waals surface area contributed by atoms with E-state index in [9.17, 15) is 4.39 Å². The van der Waals surface area contributed by atoms with Gasteiger partial charge in [0.05, 0.1) is 17.3 Å². The minimum Gasteiger partial charge on any atom is -0.492 e. The van der Waals surface area contributed by atoms with Gasteiger partial charge in [0.15, 0.2) is 5.29 Å². The van der Waals surface area contributed by atoms with Crippen molar-refractivity contribution >= 4 is 28.9 Å². The van der Waals surface area contributed by atoms with Crippen LogP contribution in [0.5, 0.6) is 11.5 Å². The topological polar surface area (TPSA) is 40.0 Å². The molecule has 28 heavy (non-hydrogen) atoms. The summed E-state index contributed by atoms with van der Waals surface area (Å²) in [5, 5.41) is 3.61. The fraction of sp³-hybridized carbons (Fsp3) is 0.571. The minimum atomic E-state index is -0.792. The van der Waals surface area contributed by atoms with E-state index in [1.54, 1.807) is 6.07 Å². The van der Waals surface area contributed by atoms with Crippen LogP contribution < -0.4 is 9.47 Å². The fourth-order valence-corrected chi connectivity index (χ4v) is 2.84. The molecule has 0 radical (unpaired) electrons. The second-order valence-electron chi connectivity index (χ2n) is 6.58. The summed E-state index contributed by atoms with van der Waals surface area (Å²) in [7, 11) is 0. The van der Waals surface area contributed by atoms with Gasteiger partial charge in [-0.2, -0.15) is 4.39 Å². The van der Waals surface area contributed by atoms with Gasteiger partial charge in [0.25, 0.3) is 0 Å². The van der Waals surface area contributed by atoms with Gasteiger partial charge in [0.2, 0.25) is 0 Å². The number of halogens is 3. The van der Waals surface area contributed by atoms with Crippen molar-refractivity contribution in [2.45, 2.75) is 59.3 Å². The Morgan fingerprint density at radius 1 is 1.11 bits per heavy atom. The van der Waals surface area contributed by atoms with Crippen molar-refractivity contribution in [2.75, 3.05) is 19.8 Å². The lowest BCUT2D eigenvalue weighted by Crippen LogP contribution is -2.03. The van der Waals surface area contributed by atoms with Crippen LogP contribution in [0.4, 0.5) is 4.39 Å². The van der Waals surface area contributed by atoms with E-state index in [1.165, 1.54) is 0 Å². The molecule has 0 bridgehead atoms. The molecular weight excluding hydrogens is 404 g/mol. The molecule has 158 valence electrons. The highest BCUT2D eigenvalue weighted by Gasteiger charge is 2.12. The van der Waals surface area contributed by atoms with Gasteiger partial charge in [0.1, 0.15) is 24.7 Å². The van der Waals surface area contributed by atoms with Crippen LogP contribution in [0.2, 0.25) is 5.02 Å². The largest absolute Gasteiger partial charge is 0.492 e. The molecule has 0 amide bonds. The van der Waals surface area contributed by atoms with E-state index in [2.05, 4.69) is 12.1 Å². The van der Waals surface area contributed by atoms with Crippen LogP contribution in [0.15, 0.2) is 28.7 Å². The molecule has 0 aliphatic rings. The van der Waals surface area contributed by atoms with Crippen molar-refractivity contribution in [3.8, 4) is 11.5 Å². The Bertz CT molecular complexity index is 643.